The summed E-state index contributed by atoms with van der Waals surface area (Å²) in [5.41, 5.74) is 5.30. The molecular weight excluding hydrogens is 401 g/mol. The van der Waals surface area contributed by atoms with Gasteiger partial charge in [0.05, 0.1) is 27.1 Å². The minimum Gasteiger partial charge on any atom is -0.550 e. The number of ether oxygens (including phenoxy) is 2. The topological polar surface area (TPSA) is 102 Å². The molecule has 8 heteroatoms. The predicted molar refractivity (Wildman–Crippen MR) is 91.6 cm³/mol. The van der Waals surface area contributed by atoms with Gasteiger partial charge in [-0.15, -0.1) is 0 Å². The third-order valence-electron chi connectivity index (χ3n) is 3.28. The smallest absolute Gasteiger partial charge is 0.308 e. The van der Waals surface area contributed by atoms with Gasteiger partial charge in [0.25, 0.3) is 0 Å². The molecule has 0 aromatic heterocycles. The number of carbonyl (C=O) groups excluding carboxylic acids is 2. The number of nitrogens with two attached hydrogens (primary N) is 1. The zero-order chi connectivity index (χ0) is 18.0. The molecule has 0 bridgehead atoms. The third kappa shape index (κ3) is 17.1. The number of hydrogen-bond donors (Lipinski definition) is 1. The summed E-state index contributed by atoms with van der Waals surface area (Å²) < 4.78 is 11.4. The van der Waals surface area contributed by atoms with Crippen molar-refractivity contribution in [1.29, 1.82) is 0 Å². The van der Waals surface area contributed by atoms with E-state index in [1.54, 1.807) is 6.92 Å². The zero-order valence-corrected chi connectivity index (χ0v) is 19.5. The van der Waals surface area contributed by atoms with Crippen molar-refractivity contribution in [2.75, 3.05) is 47.4 Å². The van der Waals surface area contributed by atoms with Gasteiger partial charge in [-0.2, -0.15) is 0 Å². The number of rotatable bonds is 12. The summed E-state index contributed by atoms with van der Waals surface area (Å²) in [5.74, 6) is -1.50. The number of aliphatic carboxylic acids is 1. The molecule has 0 rings (SSSR count). The summed E-state index contributed by atoms with van der Waals surface area (Å²) in [7, 11) is 5.93. The first-order valence-corrected chi connectivity index (χ1v) is 8.03. The molecule has 0 aliphatic heterocycles. The first-order chi connectivity index (χ1) is 10.5. The monoisotopic (exact) mass is 436 g/mol. The number of carboxylic acid groups (broad SMARTS) is 1. The van der Waals surface area contributed by atoms with Crippen LogP contribution in [0.25, 0.3) is 0 Å². The Labute approximate surface area is 178 Å². The van der Waals surface area contributed by atoms with Crippen molar-refractivity contribution in [2.24, 2.45) is 17.6 Å². The Hall–Kier alpha value is -0.0761. The van der Waals surface area contributed by atoms with E-state index >= 15 is 0 Å². The third-order valence-corrected chi connectivity index (χ3v) is 3.28. The van der Waals surface area contributed by atoms with Crippen LogP contribution in [-0.2, 0) is 51.8 Å². The fraction of sp³-hybridized carbons (Fsp3) is 0.824. The van der Waals surface area contributed by atoms with E-state index in [0.29, 0.717) is 30.6 Å². The normalized spacial score (nSPS) is 14.5. The minimum atomic E-state index is -1.12. The van der Waals surface area contributed by atoms with Crippen molar-refractivity contribution in [1.82, 2.24) is 0 Å². The van der Waals surface area contributed by atoms with Gasteiger partial charge in [-0.25, -0.2) is 0 Å². The molecule has 147 valence electrons. The van der Waals surface area contributed by atoms with Crippen molar-refractivity contribution in [2.45, 2.75) is 32.8 Å². The Morgan fingerprint density at radius 2 is 1.76 bits per heavy atom. The first-order valence-electron chi connectivity index (χ1n) is 8.03. The van der Waals surface area contributed by atoms with E-state index in [-0.39, 0.29) is 71.0 Å². The number of quaternary nitrogens is 1. The van der Waals surface area contributed by atoms with Crippen LogP contribution in [0.15, 0.2) is 0 Å². The molecule has 3 atom stereocenters. The Bertz CT molecular complexity index is 375. The van der Waals surface area contributed by atoms with E-state index in [1.165, 1.54) is 0 Å². The van der Waals surface area contributed by atoms with Gasteiger partial charge in [0.2, 0.25) is 0 Å². The standard InChI is InChI=1S/C16H32N2O5.CH3.Y/c1-12(8-13(2)16(21)22-7-6-17)11-23-14(9-15(19)20)10-18(3,4)5;;/h12-14H,6-11,17H2,1-5H3;1H3;/q;-1;. The number of carbonyl (C=O) groups is 2. The van der Waals surface area contributed by atoms with Crippen LogP contribution in [0.5, 0.6) is 0 Å². The largest absolute Gasteiger partial charge is 0.550 e. The SMILES string of the molecule is CC(COC(CC(=O)[O-])C[N+](C)(C)C)CC(C)C(=O)OCCN.[CH3-].[Y]. The number of nitrogens with zero attached hydrogens (tertiary/aromatic N) is 1. The molecule has 0 amide bonds. The Morgan fingerprint density at radius 1 is 1.20 bits per heavy atom. The van der Waals surface area contributed by atoms with Gasteiger partial charge in [0.1, 0.15) is 19.3 Å². The number of likely N-dealkylation sites (N-methyl/N-ethyl adjacent to an activating group) is 1. The molecule has 2 N–H and O–H groups in total. The summed E-state index contributed by atoms with van der Waals surface area (Å²) in [6.45, 7) is 5.29. The second-order valence-electron chi connectivity index (χ2n) is 7.20. The molecule has 0 aliphatic carbocycles. The van der Waals surface area contributed by atoms with Crippen LogP contribution in [0.4, 0.5) is 0 Å². The molecule has 0 heterocycles. The zero-order valence-electron chi connectivity index (χ0n) is 16.6. The van der Waals surface area contributed by atoms with Crippen LogP contribution >= 0.6 is 0 Å². The van der Waals surface area contributed by atoms with Crippen molar-refractivity contribution in [3.63, 3.8) is 0 Å². The molecule has 0 saturated heterocycles. The number of carboxylic acids is 1. The molecule has 0 spiro atoms. The Morgan fingerprint density at radius 3 is 2.20 bits per heavy atom. The van der Waals surface area contributed by atoms with Gasteiger partial charge in [-0.3, -0.25) is 4.79 Å². The van der Waals surface area contributed by atoms with Gasteiger partial charge in [-0.05, 0) is 12.3 Å². The maximum absolute atomic E-state index is 11.7. The fourth-order valence-electron chi connectivity index (χ4n) is 2.34. The fourth-order valence-corrected chi connectivity index (χ4v) is 2.34. The van der Waals surface area contributed by atoms with Crippen LogP contribution in [-0.4, -0.2) is 70.0 Å². The molecule has 0 aromatic carbocycles. The van der Waals surface area contributed by atoms with Crippen molar-refractivity contribution in [3.8, 4) is 0 Å². The van der Waals surface area contributed by atoms with Crippen LogP contribution in [0.2, 0.25) is 0 Å². The molecule has 1 radical (unpaired) electrons. The quantitative estimate of drug-likeness (QED) is 0.259. The molecule has 0 aromatic rings. The van der Waals surface area contributed by atoms with Crippen molar-refractivity contribution in [3.05, 3.63) is 7.43 Å². The summed E-state index contributed by atoms with van der Waals surface area (Å²) in [5, 5.41) is 10.8. The van der Waals surface area contributed by atoms with E-state index in [0.717, 1.165) is 0 Å². The predicted octanol–water partition coefficient (Wildman–Crippen LogP) is -0.170. The van der Waals surface area contributed by atoms with Crippen LogP contribution < -0.4 is 10.8 Å². The van der Waals surface area contributed by atoms with E-state index in [4.69, 9.17) is 15.2 Å². The second kappa shape index (κ2) is 15.0. The molecule has 7 nitrogen and oxygen atoms in total. The van der Waals surface area contributed by atoms with Crippen LogP contribution in [0.3, 0.4) is 0 Å². The average molecular weight is 436 g/mol. The average Bonchev–Trinajstić information content (AvgIpc) is 2.39. The van der Waals surface area contributed by atoms with E-state index in [9.17, 15) is 14.7 Å². The van der Waals surface area contributed by atoms with E-state index in [2.05, 4.69) is 0 Å². The van der Waals surface area contributed by atoms with Gasteiger partial charge in [-0.1, -0.05) is 13.8 Å². The van der Waals surface area contributed by atoms with Gasteiger partial charge in [0.15, 0.2) is 0 Å². The van der Waals surface area contributed by atoms with Crippen molar-refractivity contribution >= 4 is 11.9 Å². The second-order valence-corrected chi connectivity index (χ2v) is 7.20. The minimum absolute atomic E-state index is 0. The molecular formula is C17H35N2O5Y-. The van der Waals surface area contributed by atoms with E-state index < -0.39 is 12.1 Å². The molecule has 0 aliphatic rings. The molecule has 0 fully saturated rings. The maximum Gasteiger partial charge on any atom is 0.308 e. The summed E-state index contributed by atoms with van der Waals surface area (Å²) >= 11 is 0. The first kappa shape index (κ1) is 29.7. The van der Waals surface area contributed by atoms with Crippen LogP contribution in [0, 0.1) is 19.3 Å². The molecule has 0 saturated carbocycles. The Kier molecular flexibility index (Phi) is 17.8. The summed E-state index contributed by atoms with van der Waals surface area (Å²) in [6.07, 6.45) is 0.0873. The summed E-state index contributed by atoms with van der Waals surface area (Å²) in [6, 6.07) is 0. The van der Waals surface area contributed by atoms with Crippen molar-refractivity contribution < 1.29 is 61.4 Å². The summed E-state index contributed by atoms with van der Waals surface area (Å²) in [4.78, 5) is 22.5. The molecule has 25 heavy (non-hydrogen) atoms. The maximum atomic E-state index is 11.7. The van der Waals surface area contributed by atoms with Crippen LogP contribution in [0.1, 0.15) is 26.7 Å². The van der Waals surface area contributed by atoms with Gasteiger partial charge >= 0.3 is 5.97 Å². The van der Waals surface area contributed by atoms with E-state index in [1.807, 2.05) is 28.1 Å². The van der Waals surface area contributed by atoms with Gasteiger partial charge in [0, 0.05) is 58.3 Å². The van der Waals surface area contributed by atoms with Gasteiger partial charge < -0.3 is 37.0 Å². The number of esters is 1. The Balaban J connectivity index is -0.00000242. The molecule has 3 unspecified atom stereocenters. The number of hydrogen-bond acceptors (Lipinski definition) is 6.